The smallest absolute Gasteiger partial charge is 0.112 e. The first-order valence-corrected chi connectivity index (χ1v) is 6.10. The van der Waals surface area contributed by atoms with Crippen molar-refractivity contribution in [1.29, 1.82) is 0 Å². The van der Waals surface area contributed by atoms with Gasteiger partial charge in [0.2, 0.25) is 0 Å². The van der Waals surface area contributed by atoms with Crippen LogP contribution in [0.25, 0.3) is 0 Å². The molecule has 0 radical (unpaired) electrons. The molecule has 16 heavy (non-hydrogen) atoms. The van der Waals surface area contributed by atoms with Crippen molar-refractivity contribution in [1.82, 2.24) is 14.9 Å². The number of rotatable bonds is 2. The van der Waals surface area contributed by atoms with E-state index in [1.54, 1.807) is 0 Å². The zero-order valence-corrected chi connectivity index (χ0v) is 10.6. The summed E-state index contributed by atoms with van der Waals surface area (Å²) < 4.78 is 2.49. The summed E-state index contributed by atoms with van der Waals surface area (Å²) in [6, 6.07) is 0.656. The molecule has 1 aliphatic carbocycles. The molecule has 1 aromatic rings. The van der Waals surface area contributed by atoms with Crippen molar-refractivity contribution in [3.8, 4) is 0 Å². The Bertz CT molecular complexity index is 351. The van der Waals surface area contributed by atoms with Crippen molar-refractivity contribution in [3.05, 3.63) is 17.7 Å². The first-order valence-electron chi connectivity index (χ1n) is 6.10. The molecule has 0 bridgehead atoms. The van der Waals surface area contributed by atoms with Crippen LogP contribution in [0.2, 0.25) is 0 Å². The third-order valence-corrected chi connectivity index (χ3v) is 3.88. The molecule has 2 heterocycles. The molecule has 1 unspecified atom stereocenters. The number of halogens is 1. The molecule has 4 heteroatoms. The molecule has 0 spiro atoms. The Balaban J connectivity index is 0.000000963. The minimum Gasteiger partial charge on any atom is -0.328 e. The molecular formula is C12H20ClN3. The molecule has 0 aromatic carbocycles. The third kappa shape index (κ3) is 1.87. The van der Waals surface area contributed by atoms with Gasteiger partial charge in [0.25, 0.3) is 0 Å². The van der Waals surface area contributed by atoms with E-state index in [9.17, 15) is 0 Å². The molecule has 2 aliphatic rings. The van der Waals surface area contributed by atoms with Crippen LogP contribution in [-0.4, -0.2) is 22.6 Å². The summed E-state index contributed by atoms with van der Waals surface area (Å²) in [6.45, 7) is 4.47. The number of hydrogen-bond donors (Lipinski definition) is 1. The first kappa shape index (κ1) is 11.9. The summed E-state index contributed by atoms with van der Waals surface area (Å²) in [4.78, 5) is 4.62. The monoisotopic (exact) mass is 241 g/mol. The van der Waals surface area contributed by atoms with E-state index < -0.39 is 0 Å². The quantitative estimate of drug-likeness (QED) is 0.862. The van der Waals surface area contributed by atoms with Crippen LogP contribution in [0.3, 0.4) is 0 Å². The highest BCUT2D eigenvalue weighted by atomic mass is 35.5. The van der Waals surface area contributed by atoms with Crippen molar-refractivity contribution < 1.29 is 0 Å². The van der Waals surface area contributed by atoms with Crippen LogP contribution >= 0.6 is 12.4 Å². The number of nitrogens with zero attached hydrogens (tertiary/aromatic N) is 2. The number of nitrogens with one attached hydrogen (secondary N) is 1. The van der Waals surface area contributed by atoms with Gasteiger partial charge < -0.3 is 9.88 Å². The van der Waals surface area contributed by atoms with Crippen LogP contribution in [-0.2, 0) is 0 Å². The number of aromatic nitrogens is 2. The molecule has 1 aromatic heterocycles. The Labute approximate surface area is 103 Å². The zero-order valence-electron chi connectivity index (χ0n) is 9.78. The first-order chi connectivity index (χ1) is 7.36. The molecule has 1 saturated heterocycles. The topological polar surface area (TPSA) is 29.9 Å². The second kappa shape index (κ2) is 4.76. The van der Waals surface area contributed by atoms with Gasteiger partial charge in [-0.1, -0.05) is 6.42 Å². The van der Waals surface area contributed by atoms with Gasteiger partial charge in [-0.2, -0.15) is 0 Å². The van der Waals surface area contributed by atoms with Gasteiger partial charge in [-0.15, -0.1) is 12.4 Å². The Kier molecular flexibility index (Phi) is 3.55. The van der Waals surface area contributed by atoms with Crippen molar-refractivity contribution in [2.45, 2.75) is 44.6 Å². The van der Waals surface area contributed by atoms with E-state index in [-0.39, 0.29) is 12.4 Å². The minimum atomic E-state index is 0. The van der Waals surface area contributed by atoms with E-state index >= 15 is 0 Å². The average molecular weight is 242 g/mol. The lowest BCUT2D eigenvalue weighted by molar-refractivity contribution is 0.371. The second-order valence-corrected chi connectivity index (χ2v) is 4.90. The fraction of sp³-hybridized carbons (Fsp3) is 0.750. The Morgan fingerprint density at radius 1 is 1.38 bits per heavy atom. The molecular weight excluding hydrogens is 222 g/mol. The maximum absolute atomic E-state index is 4.62. The van der Waals surface area contributed by atoms with Crippen LogP contribution < -0.4 is 5.32 Å². The van der Waals surface area contributed by atoms with Gasteiger partial charge in [0, 0.05) is 30.4 Å². The number of hydrogen-bond acceptors (Lipinski definition) is 2. The summed E-state index contributed by atoms with van der Waals surface area (Å²) in [7, 11) is 0. The lowest BCUT2D eigenvalue weighted by atomic mass is 9.84. The van der Waals surface area contributed by atoms with Crippen molar-refractivity contribution >= 4 is 12.4 Å². The van der Waals surface area contributed by atoms with E-state index in [2.05, 4.69) is 21.8 Å². The summed E-state index contributed by atoms with van der Waals surface area (Å²) in [6.07, 6.45) is 7.38. The highest BCUT2D eigenvalue weighted by Crippen LogP contribution is 2.37. The van der Waals surface area contributed by atoms with Gasteiger partial charge in [-0.05, 0) is 32.7 Å². The third-order valence-electron chi connectivity index (χ3n) is 3.88. The van der Waals surface area contributed by atoms with E-state index in [1.807, 2.05) is 6.20 Å². The lowest BCUT2D eigenvalue weighted by Gasteiger charge is -2.28. The second-order valence-electron chi connectivity index (χ2n) is 4.90. The Morgan fingerprint density at radius 2 is 2.19 bits per heavy atom. The minimum absolute atomic E-state index is 0. The van der Waals surface area contributed by atoms with Gasteiger partial charge >= 0.3 is 0 Å². The van der Waals surface area contributed by atoms with E-state index in [0.29, 0.717) is 6.04 Å². The van der Waals surface area contributed by atoms with Crippen LogP contribution in [0.1, 0.15) is 49.2 Å². The van der Waals surface area contributed by atoms with Gasteiger partial charge in [-0.3, -0.25) is 0 Å². The molecule has 1 N–H and O–H groups in total. The van der Waals surface area contributed by atoms with Crippen LogP contribution in [0, 0.1) is 6.92 Å². The molecule has 1 atom stereocenters. The summed E-state index contributed by atoms with van der Waals surface area (Å²) in [5, 5.41) is 3.44. The van der Waals surface area contributed by atoms with Gasteiger partial charge in [0.05, 0.1) is 0 Å². The molecule has 3 rings (SSSR count). The Hall–Kier alpha value is -0.540. The van der Waals surface area contributed by atoms with Crippen molar-refractivity contribution in [2.75, 3.05) is 13.1 Å². The lowest BCUT2D eigenvalue weighted by Crippen LogP contribution is -2.21. The summed E-state index contributed by atoms with van der Waals surface area (Å²) >= 11 is 0. The Morgan fingerprint density at radius 3 is 2.75 bits per heavy atom. The fourth-order valence-corrected chi connectivity index (χ4v) is 2.77. The number of aryl methyl sites for hydroxylation is 1. The summed E-state index contributed by atoms with van der Waals surface area (Å²) in [5.74, 6) is 2.10. The molecule has 0 amide bonds. The SMILES string of the molecule is Cc1cnc(C2CCC2)n1C1CCNC1.Cl. The fourth-order valence-electron chi connectivity index (χ4n) is 2.77. The van der Waals surface area contributed by atoms with E-state index in [4.69, 9.17) is 0 Å². The molecule has 90 valence electrons. The standard InChI is InChI=1S/C12H19N3.ClH/c1-9-7-14-12(10-3-2-4-10)15(9)11-5-6-13-8-11;/h7,10-11,13H,2-6,8H2,1H3;1H. The maximum Gasteiger partial charge on any atom is 0.112 e. The zero-order chi connectivity index (χ0) is 10.3. The van der Waals surface area contributed by atoms with Gasteiger partial charge in [0.1, 0.15) is 5.82 Å². The normalized spacial score (nSPS) is 25.2. The van der Waals surface area contributed by atoms with Crippen LogP contribution in [0.5, 0.6) is 0 Å². The van der Waals surface area contributed by atoms with Crippen molar-refractivity contribution in [2.24, 2.45) is 0 Å². The van der Waals surface area contributed by atoms with Crippen LogP contribution in [0.15, 0.2) is 6.20 Å². The molecule has 3 nitrogen and oxygen atoms in total. The molecule has 1 aliphatic heterocycles. The predicted octanol–water partition coefficient (Wildman–Crippen LogP) is 2.42. The molecule has 1 saturated carbocycles. The van der Waals surface area contributed by atoms with Gasteiger partial charge in [-0.25, -0.2) is 4.98 Å². The number of imidazole rings is 1. The maximum atomic E-state index is 4.62. The van der Waals surface area contributed by atoms with E-state index in [0.717, 1.165) is 19.0 Å². The highest BCUT2D eigenvalue weighted by molar-refractivity contribution is 5.85. The molecule has 2 fully saturated rings. The van der Waals surface area contributed by atoms with Crippen LogP contribution in [0.4, 0.5) is 0 Å². The summed E-state index contributed by atoms with van der Waals surface area (Å²) in [5.41, 5.74) is 1.34. The predicted molar refractivity (Wildman–Crippen MR) is 67.3 cm³/mol. The van der Waals surface area contributed by atoms with Crippen molar-refractivity contribution in [3.63, 3.8) is 0 Å². The largest absolute Gasteiger partial charge is 0.328 e. The van der Waals surface area contributed by atoms with Gasteiger partial charge in [0.15, 0.2) is 0 Å². The van der Waals surface area contributed by atoms with E-state index in [1.165, 1.54) is 37.2 Å². The highest BCUT2D eigenvalue weighted by Gasteiger charge is 2.28. The average Bonchev–Trinajstić information content (AvgIpc) is 2.72.